The minimum atomic E-state index is -0.146. The third-order valence-corrected chi connectivity index (χ3v) is 7.28. The monoisotopic (exact) mass is 550 g/mol. The zero-order valence-corrected chi connectivity index (χ0v) is 23.1. The summed E-state index contributed by atoms with van der Waals surface area (Å²) < 4.78 is 1.94. The predicted molar refractivity (Wildman–Crippen MR) is 153 cm³/mol. The van der Waals surface area contributed by atoms with Gasteiger partial charge in [0.15, 0.2) is 5.82 Å². The molecule has 0 spiro atoms. The van der Waals surface area contributed by atoms with E-state index in [0.29, 0.717) is 48.9 Å². The molecular formula is C29H30N10O2. The van der Waals surface area contributed by atoms with Crippen LogP contribution < -0.4 is 5.32 Å². The number of carbonyl (C=O) groups is 2. The number of anilines is 1. The highest BCUT2D eigenvalue weighted by atomic mass is 16.2. The number of benzene rings is 2. The topological polar surface area (TPSA) is 127 Å². The van der Waals surface area contributed by atoms with Gasteiger partial charge in [0.25, 0.3) is 5.91 Å². The van der Waals surface area contributed by atoms with Crippen LogP contribution in [0.4, 0.5) is 5.69 Å². The molecule has 3 aromatic heterocycles. The van der Waals surface area contributed by atoms with E-state index in [-0.39, 0.29) is 17.9 Å². The summed E-state index contributed by atoms with van der Waals surface area (Å²) in [4.78, 5) is 39.9. The van der Waals surface area contributed by atoms with Gasteiger partial charge in [0.2, 0.25) is 5.91 Å². The van der Waals surface area contributed by atoms with Gasteiger partial charge in [0, 0.05) is 51.4 Å². The van der Waals surface area contributed by atoms with Crippen LogP contribution in [0.1, 0.15) is 34.8 Å². The summed E-state index contributed by atoms with van der Waals surface area (Å²) in [6, 6.07) is 19.2. The minimum Gasteiger partial charge on any atom is -0.335 e. The molecule has 0 bridgehead atoms. The molecule has 1 aliphatic heterocycles. The molecule has 12 nitrogen and oxygen atoms in total. The summed E-state index contributed by atoms with van der Waals surface area (Å²) in [5.41, 5.74) is 4.49. The van der Waals surface area contributed by atoms with Crippen LogP contribution in [0.5, 0.6) is 0 Å². The zero-order chi connectivity index (χ0) is 28.5. The Balaban J connectivity index is 1.20. The summed E-state index contributed by atoms with van der Waals surface area (Å²) in [5, 5.41) is 15.6. The van der Waals surface area contributed by atoms with Gasteiger partial charge in [-0.15, -0.1) is 10.2 Å². The second-order valence-electron chi connectivity index (χ2n) is 10.1. The molecule has 208 valence electrons. The normalized spacial score (nSPS) is 14.8. The molecule has 1 fully saturated rings. The number of amides is 2. The van der Waals surface area contributed by atoms with Crippen molar-refractivity contribution in [3.63, 3.8) is 0 Å². The van der Waals surface area contributed by atoms with Crippen molar-refractivity contribution in [3.8, 4) is 11.4 Å². The van der Waals surface area contributed by atoms with E-state index in [9.17, 15) is 9.59 Å². The van der Waals surface area contributed by atoms with Gasteiger partial charge in [0.05, 0.1) is 30.3 Å². The molecule has 1 unspecified atom stereocenters. The van der Waals surface area contributed by atoms with Crippen molar-refractivity contribution in [1.82, 2.24) is 44.5 Å². The largest absolute Gasteiger partial charge is 0.335 e. The fourth-order valence-corrected chi connectivity index (χ4v) is 5.32. The highest BCUT2D eigenvalue weighted by molar-refractivity contribution is 5.96. The SMILES string of the molecule is CC(=O)Nc1cccc(-c2nc3cc(C(=O)N4CCN(C(c5ccccc5)c5nnn(C)n5)CC4)ncc3n2C)c1. The van der Waals surface area contributed by atoms with Crippen molar-refractivity contribution < 1.29 is 9.59 Å². The molecule has 0 aliphatic carbocycles. The maximum absolute atomic E-state index is 13.5. The highest BCUT2D eigenvalue weighted by Gasteiger charge is 2.31. The fraction of sp³-hybridized carbons (Fsp3) is 0.276. The van der Waals surface area contributed by atoms with E-state index >= 15 is 0 Å². The van der Waals surface area contributed by atoms with E-state index < -0.39 is 0 Å². The van der Waals surface area contributed by atoms with E-state index in [0.717, 1.165) is 22.5 Å². The third-order valence-electron chi connectivity index (χ3n) is 7.28. The molecule has 12 heteroatoms. The zero-order valence-electron chi connectivity index (χ0n) is 23.1. The van der Waals surface area contributed by atoms with E-state index in [1.54, 1.807) is 19.3 Å². The number of hydrogen-bond donors (Lipinski definition) is 1. The van der Waals surface area contributed by atoms with Gasteiger partial charge in [-0.1, -0.05) is 42.5 Å². The van der Waals surface area contributed by atoms with Crippen LogP contribution in [-0.2, 0) is 18.9 Å². The first-order valence-electron chi connectivity index (χ1n) is 13.4. The lowest BCUT2D eigenvalue weighted by atomic mass is 10.0. The maximum Gasteiger partial charge on any atom is 0.272 e. The predicted octanol–water partition coefficient (Wildman–Crippen LogP) is 2.66. The summed E-state index contributed by atoms with van der Waals surface area (Å²) in [7, 11) is 3.67. The van der Waals surface area contributed by atoms with Gasteiger partial charge < -0.3 is 14.8 Å². The van der Waals surface area contributed by atoms with Crippen LogP contribution in [0.2, 0.25) is 0 Å². The Morgan fingerprint density at radius 1 is 0.951 bits per heavy atom. The Kier molecular flexibility index (Phi) is 6.98. The van der Waals surface area contributed by atoms with Crippen molar-refractivity contribution in [2.24, 2.45) is 14.1 Å². The van der Waals surface area contributed by atoms with Crippen LogP contribution in [-0.4, -0.2) is 82.5 Å². The molecular weight excluding hydrogens is 520 g/mol. The number of nitrogens with one attached hydrogen (secondary N) is 1. The number of nitrogens with zero attached hydrogens (tertiary/aromatic N) is 9. The van der Waals surface area contributed by atoms with Gasteiger partial charge in [-0.2, -0.15) is 4.80 Å². The maximum atomic E-state index is 13.5. The first kappa shape index (κ1) is 26.3. The Bertz CT molecular complexity index is 1720. The molecule has 2 amide bonds. The minimum absolute atomic E-state index is 0.125. The number of fused-ring (bicyclic) bond motifs is 1. The number of imidazole rings is 1. The summed E-state index contributed by atoms with van der Waals surface area (Å²) >= 11 is 0. The molecule has 4 heterocycles. The molecule has 41 heavy (non-hydrogen) atoms. The quantitative estimate of drug-likeness (QED) is 0.342. The molecule has 0 saturated carbocycles. The van der Waals surface area contributed by atoms with Crippen molar-refractivity contribution in [2.75, 3.05) is 31.5 Å². The Labute approximate surface area is 236 Å². The van der Waals surface area contributed by atoms with E-state index in [4.69, 9.17) is 4.98 Å². The molecule has 0 radical (unpaired) electrons. The smallest absolute Gasteiger partial charge is 0.272 e. The number of tetrazole rings is 1. The molecule has 1 atom stereocenters. The molecule has 1 aliphatic rings. The number of carbonyl (C=O) groups excluding carboxylic acids is 2. The lowest BCUT2D eigenvalue weighted by Crippen LogP contribution is -2.50. The Hall–Kier alpha value is -4.97. The van der Waals surface area contributed by atoms with Crippen LogP contribution in [0, 0.1) is 0 Å². The number of pyridine rings is 1. The van der Waals surface area contributed by atoms with Gasteiger partial charge in [0.1, 0.15) is 11.5 Å². The number of piperazine rings is 1. The van der Waals surface area contributed by atoms with E-state index in [1.807, 2.05) is 59.0 Å². The van der Waals surface area contributed by atoms with Gasteiger partial charge >= 0.3 is 0 Å². The first-order valence-corrected chi connectivity index (χ1v) is 13.4. The molecule has 2 aromatic carbocycles. The summed E-state index contributed by atoms with van der Waals surface area (Å²) in [6.07, 6.45) is 1.69. The number of aryl methyl sites for hydroxylation is 2. The van der Waals surface area contributed by atoms with Crippen molar-refractivity contribution >= 4 is 28.5 Å². The van der Waals surface area contributed by atoms with Crippen LogP contribution in [0.15, 0.2) is 66.9 Å². The van der Waals surface area contributed by atoms with Crippen molar-refractivity contribution in [1.29, 1.82) is 0 Å². The Morgan fingerprint density at radius 2 is 1.73 bits per heavy atom. The highest BCUT2D eigenvalue weighted by Crippen LogP contribution is 2.28. The van der Waals surface area contributed by atoms with Crippen molar-refractivity contribution in [2.45, 2.75) is 13.0 Å². The average molecular weight is 551 g/mol. The van der Waals surface area contributed by atoms with Crippen LogP contribution in [0.3, 0.4) is 0 Å². The van der Waals surface area contributed by atoms with Gasteiger partial charge in [-0.25, -0.2) is 9.97 Å². The average Bonchev–Trinajstić information content (AvgIpc) is 3.56. The molecule has 1 N–H and O–H groups in total. The van der Waals surface area contributed by atoms with Crippen LogP contribution >= 0.6 is 0 Å². The third kappa shape index (κ3) is 5.29. The van der Waals surface area contributed by atoms with E-state index in [2.05, 4.69) is 42.7 Å². The van der Waals surface area contributed by atoms with E-state index in [1.165, 1.54) is 11.7 Å². The molecule has 5 aromatic rings. The molecule has 1 saturated heterocycles. The molecule has 6 rings (SSSR count). The van der Waals surface area contributed by atoms with Crippen LogP contribution in [0.25, 0.3) is 22.4 Å². The van der Waals surface area contributed by atoms with Gasteiger partial charge in [-0.05, 0) is 29.0 Å². The second-order valence-corrected chi connectivity index (χ2v) is 10.1. The lowest BCUT2D eigenvalue weighted by Gasteiger charge is -2.38. The Morgan fingerprint density at radius 3 is 2.44 bits per heavy atom. The fourth-order valence-electron chi connectivity index (χ4n) is 5.32. The van der Waals surface area contributed by atoms with Crippen molar-refractivity contribution in [3.05, 3.63) is 83.9 Å². The first-order chi connectivity index (χ1) is 19.9. The lowest BCUT2D eigenvalue weighted by molar-refractivity contribution is -0.114. The number of aromatic nitrogens is 7. The summed E-state index contributed by atoms with van der Waals surface area (Å²) in [6.45, 7) is 3.88. The standard InChI is InChI=1S/C29H30N10O2/c1-19(40)31-22-11-7-10-21(16-22)28-32-23-17-24(30-18-25(23)36(28)2)29(41)39-14-12-38(13-15-39)26(20-8-5-4-6-9-20)27-33-35-37(3)34-27/h4-11,16-18,26H,12-15H2,1-3H3,(H,31,40). The summed E-state index contributed by atoms with van der Waals surface area (Å²) in [5.74, 6) is 1.09. The second kappa shape index (κ2) is 10.9. The van der Waals surface area contributed by atoms with Gasteiger partial charge in [-0.3, -0.25) is 14.5 Å². The number of hydrogen-bond acceptors (Lipinski definition) is 8. The number of rotatable bonds is 6.